The number of ether oxygens (including phenoxy) is 1. The second kappa shape index (κ2) is 7.00. The average molecular weight is 467 g/mol. The van der Waals surface area contributed by atoms with E-state index in [0.717, 1.165) is 73.1 Å². The maximum atomic E-state index is 14.2. The SMILES string of the molecule is Cc1[nH]c2ccc3c(c2c1C(=O)C1CC12CCc1ccccc12)CC1CCCN2CCCCC12O3. The van der Waals surface area contributed by atoms with E-state index in [0.29, 0.717) is 11.7 Å². The molecule has 180 valence electrons. The zero-order chi connectivity index (χ0) is 23.4. The maximum absolute atomic E-state index is 14.2. The summed E-state index contributed by atoms with van der Waals surface area (Å²) in [5.41, 5.74) is 7.17. The minimum Gasteiger partial charge on any atom is -0.472 e. The van der Waals surface area contributed by atoms with Gasteiger partial charge in [-0.15, -0.1) is 0 Å². The standard InChI is InChI=1S/C31H34N2O2/c1-19-27(29(34)24-18-30(24)14-12-20-7-2-3-9-23(20)30)28-22-17-21-8-6-16-33-15-5-4-13-31(21,33)35-26(22)11-10-25(28)32-19/h2-3,7,9-11,21,24,32H,4-6,8,12-18H2,1H3. The number of aromatic amines is 1. The van der Waals surface area contributed by atoms with Gasteiger partial charge in [0.05, 0.1) is 0 Å². The van der Waals surface area contributed by atoms with Gasteiger partial charge in [0.2, 0.25) is 0 Å². The molecule has 4 atom stereocenters. The van der Waals surface area contributed by atoms with Crippen LogP contribution in [0.25, 0.3) is 10.9 Å². The van der Waals surface area contributed by atoms with Gasteiger partial charge in [-0.05, 0) is 81.5 Å². The van der Waals surface area contributed by atoms with Crippen molar-refractivity contribution in [3.63, 3.8) is 0 Å². The van der Waals surface area contributed by atoms with Crippen LogP contribution >= 0.6 is 0 Å². The van der Waals surface area contributed by atoms with Crippen LogP contribution in [0, 0.1) is 18.8 Å². The lowest BCUT2D eigenvalue weighted by Gasteiger charge is -2.56. The van der Waals surface area contributed by atoms with Crippen LogP contribution < -0.4 is 4.74 Å². The number of carbonyl (C=O) groups excluding carboxylic acids is 1. The lowest BCUT2D eigenvalue weighted by molar-refractivity contribution is -0.177. The Bertz CT molecular complexity index is 1390. The molecule has 3 fully saturated rings. The summed E-state index contributed by atoms with van der Waals surface area (Å²) in [5, 5.41) is 1.15. The van der Waals surface area contributed by atoms with Crippen LogP contribution in [0.1, 0.15) is 77.7 Å². The predicted molar refractivity (Wildman–Crippen MR) is 137 cm³/mol. The highest BCUT2D eigenvalue weighted by Gasteiger charge is 2.61. The molecule has 2 saturated heterocycles. The van der Waals surface area contributed by atoms with Gasteiger partial charge in [0.25, 0.3) is 0 Å². The Kier molecular flexibility index (Phi) is 4.12. The van der Waals surface area contributed by atoms with Crippen molar-refractivity contribution in [2.24, 2.45) is 11.8 Å². The van der Waals surface area contributed by atoms with Crippen LogP contribution in [0.2, 0.25) is 0 Å². The number of H-pyrrole nitrogens is 1. The summed E-state index contributed by atoms with van der Waals surface area (Å²) in [7, 11) is 0. The molecule has 1 N–H and O–H groups in total. The first kappa shape index (κ1) is 20.6. The molecule has 1 aromatic heterocycles. The molecule has 2 spiro atoms. The van der Waals surface area contributed by atoms with Crippen molar-refractivity contribution in [1.29, 1.82) is 0 Å². The Labute approximate surface area is 207 Å². The molecule has 5 aliphatic rings. The number of rotatable bonds is 2. The van der Waals surface area contributed by atoms with E-state index in [4.69, 9.17) is 4.74 Å². The van der Waals surface area contributed by atoms with Gasteiger partial charge < -0.3 is 9.72 Å². The van der Waals surface area contributed by atoms with Gasteiger partial charge >= 0.3 is 0 Å². The normalized spacial score (nSPS) is 33.1. The molecule has 35 heavy (non-hydrogen) atoms. The summed E-state index contributed by atoms with van der Waals surface area (Å²) >= 11 is 0. The van der Waals surface area contributed by atoms with E-state index >= 15 is 0 Å². The van der Waals surface area contributed by atoms with Crippen LogP contribution in [0.15, 0.2) is 36.4 Å². The fourth-order valence-electron chi connectivity index (χ4n) is 8.63. The number of nitrogens with one attached hydrogen (secondary N) is 1. The van der Waals surface area contributed by atoms with Crippen LogP contribution in [-0.4, -0.2) is 34.5 Å². The molecular formula is C31H34N2O2. The summed E-state index contributed by atoms with van der Waals surface area (Å²) in [4.78, 5) is 20.4. The summed E-state index contributed by atoms with van der Waals surface area (Å²) in [5.74, 6) is 2.00. The number of fused-ring (bicyclic) bond motifs is 5. The van der Waals surface area contributed by atoms with E-state index in [1.807, 2.05) is 0 Å². The second-order valence-electron chi connectivity index (χ2n) is 12.0. The van der Waals surface area contributed by atoms with Crippen molar-refractivity contribution in [2.75, 3.05) is 13.1 Å². The first-order valence-corrected chi connectivity index (χ1v) is 13.8. The van der Waals surface area contributed by atoms with Crippen molar-refractivity contribution in [3.05, 3.63) is 64.3 Å². The van der Waals surface area contributed by atoms with E-state index in [9.17, 15) is 4.79 Å². The molecule has 4 heteroatoms. The van der Waals surface area contributed by atoms with E-state index < -0.39 is 0 Å². The summed E-state index contributed by atoms with van der Waals surface area (Å²) in [6, 6.07) is 13.1. The largest absolute Gasteiger partial charge is 0.472 e. The van der Waals surface area contributed by atoms with Crippen LogP contribution in [0.5, 0.6) is 5.75 Å². The first-order valence-electron chi connectivity index (χ1n) is 13.8. The fraction of sp³-hybridized carbons (Fsp3) is 0.516. The smallest absolute Gasteiger partial charge is 0.169 e. The number of benzene rings is 2. The zero-order valence-electron chi connectivity index (χ0n) is 20.7. The number of Topliss-reactive ketones (excluding diaryl/α,β-unsaturated/α-hetero) is 1. The molecule has 4 unspecified atom stereocenters. The van der Waals surface area contributed by atoms with Crippen LogP contribution in [0.4, 0.5) is 0 Å². The van der Waals surface area contributed by atoms with Gasteiger partial charge in [-0.25, -0.2) is 0 Å². The molecule has 2 aromatic carbocycles. The van der Waals surface area contributed by atoms with Gasteiger partial charge in [-0.2, -0.15) is 0 Å². The number of ketones is 1. The highest BCUT2D eigenvalue weighted by atomic mass is 16.5. The zero-order valence-corrected chi connectivity index (χ0v) is 20.7. The Balaban J connectivity index is 1.22. The summed E-state index contributed by atoms with van der Waals surface area (Å²) < 4.78 is 7.00. The molecule has 3 aliphatic heterocycles. The van der Waals surface area contributed by atoms with Gasteiger partial charge in [-0.1, -0.05) is 24.3 Å². The average Bonchev–Trinajstić information content (AvgIpc) is 3.35. The van der Waals surface area contributed by atoms with Crippen molar-refractivity contribution >= 4 is 16.7 Å². The number of hydrogen-bond donors (Lipinski definition) is 1. The number of aromatic nitrogens is 1. The number of piperidine rings is 2. The molecule has 8 rings (SSSR count). The summed E-state index contributed by atoms with van der Waals surface area (Å²) in [6.07, 6.45) is 10.4. The lowest BCUT2D eigenvalue weighted by atomic mass is 9.74. The van der Waals surface area contributed by atoms with Gasteiger partial charge in [0, 0.05) is 64.5 Å². The molecule has 0 radical (unpaired) electrons. The number of carbonyl (C=O) groups is 1. The third kappa shape index (κ3) is 2.64. The van der Waals surface area contributed by atoms with Gasteiger partial charge in [-0.3, -0.25) is 9.69 Å². The molecule has 1 saturated carbocycles. The fourth-order valence-corrected chi connectivity index (χ4v) is 8.63. The number of aryl methyl sites for hydroxylation is 2. The topological polar surface area (TPSA) is 45.3 Å². The quantitative estimate of drug-likeness (QED) is 0.465. The highest BCUT2D eigenvalue weighted by Crippen LogP contribution is 2.63. The second-order valence-corrected chi connectivity index (χ2v) is 12.0. The minimum absolute atomic E-state index is 0.0745. The van der Waals surface area contributed by atoms with Crippen LogP contribution in [-0.2, 0) is 18.3 Å². The summed E-state index contributed by atoms with van der Waals surface area (Å²) in [6.45, 7) is 4.41. The minimum atomic E-state index is -0.124. The van der Waals surface area contributed by atoms with E-state index in [2.05, 4.69) is 53.2 Å². The maximum Gasteiger partial charge on any atom is 0.169 e. The van der Waals surface area contributed by atoms with Crippen molar-refractivity contribution in [3.8, 4) is 5.75 Å². The molecule has 2 aliphatic carbocycles. The molecule has 4 heterocycles. The van der Waals surface area contributed by atoms with Crippen molar-refractivity contribution in [1.82, 2.24) is 9.88 Å². The van der Waals surface area contributed by atoms with E-state index in [-0.39, 0.29) is 17.1 Å². The first-order chi connectivity index (χ1) is 17.1. The molecule has 4 nitrogen and oxygen atoms in total. The highest BCUT2D eigenvalue weighted by molar-refractivity contribution is 6.13. The third-order valence-corrected chi connectivity index (χ3v) is 10.4. The molecule has 0 amide bonds. The van der Waals surface area contributed by atoms with E-state index in [1.165, 1.54) is 42.4 Å². The number of nitrogens with zero attached hydrogens (tertiary/aromatic N) is 1. The Hall–Kier alpha value is -2.59. The van der Waals surface area contributed by atoms with Gasteiger partial charge in [0.1, 0.15) is 5.75 Å². The Morgan fingerprint density at radius 3 is 2.91 bits per heavy atom. The van der Waals surface area contributed by atoms with Crippen molar-refractivity contribution in [2.45, 2.75) is 75.9 Å². The molecule has 0 bridgehead atoms. The monoisotopic (exact) mass is 466 g/mol. The van der Waals surface area contributed by atoms with E-state index in [1.54, 1.807) is 0 Å². The number of hydrogen-bond acceptors (Lipinski definition) is 3. The Morgan fingerprint density at radius 2 is 1.97 bits per heavy atom. The lowest BCUT2D eigenvalue weighted by Crippen LogP contribution is -2.64. The van der Waals surface area contributed by atoms with Crippen molar-refractivity contribution < 1.29 is 9.53 Å². The Morgan fingerprint density at radius 1 is 1.09 bits per heavy atom. The van der Waals surface area contributed by atoms with Gasteiger partial charge in [0.15, 0.2) is 11.5 Å². The molecule has 3 aromatic rings. The van der Waals surface area contributed by atoms with Crippen LogP contribution in [0.3, 0.4) is 0 Å². The molecular weight excluding hydrogens is 432 g/mol. The predicted octanol–water partition coefficient (Wildman–Crippen LogP) is 6.09. The third-order valence-electron chi connectivity index (χ3n) is 10.4.